The largest absolute Gasteiger partial charge is 0.539 e. The third-order valence-electron chi connectivity index (χ3n) is 2.21. The number of aryl methyl sites for hydroxylation is 1. The van der Waals surface area contributed by atoms with Crippen LogP contribution < -0.4 is 9.97 Å². The lowest BCUT2D eigenvalue weighted by molar-refractivity contribution is 0.102. The molecule has 0 saturated heterocycles. The fraction of sp³-hybridized carbons (Fsp3) is 0.0909. The van der Waals surface area contributed by atoms with Gasteiger partial charge in [0.2, 0.25) is 0 Å². The first-order valence-electron chi connectivity index (χ1n) is 5.27. The van der Waals surface area contributed by atoms with Gasteiger partial charge in [0, 0.05) is 5.56 Å². The summed E-state index contributed by atoms with van der Waals surface area (Å²) in [4.78, 5) is 11.9. The topological polar surface area (TPSA) is 71.5 Å². The Morgan fingerprint density at radius 2 is 2.17 bits per heavy atom. The number of hydrogen-bond donors (Lipinski definition) is 2. The molecule has 0 atom stereocenters. The van der Waals surface area contributed by atoms with Crippen LogP contribution in [0.4, 0.5) is 5.00 Å². The second-order valence-corrected chi connectivity index (χ2v) is 4.39. The molecular weight excluding hydrogens is 251 g/mol. The summed E-state index contributed by atoms with van der Waals surface area (Å²) in [5.74, 6) is 0.317. The SMILES string of the molecule is Cc1cc(NC(=O)c2ccc(OBO)cc2)sn1. The average Bonchev–Trinajstić information content (AvgIpc) is 2.76. The molecule has 5 nitrogen and oxygen atoms in total. The van der Waals surface area contributed by atoms with Crippen molar-refractivity contribution in [1.29, 1.82) is 0 Å². The number of hydrogen-bond acceptors (Lipinski definition) is 5. The first-order chi connectivity index (χ1) is 8.69. The van der Waals surface area contributed by atoms with E-state index < -0.39 is 0 Å². The molecule has 7 heteroatoms. The summed E-state index contributed by atoms with van der Waals surface area (Å²) in [6.07, 6.45) is 0. The van der Waals surface area contributed by atoms with Crippen molar-refractivity contribution in [1.82, 2.24) is 4.37 Å². The van der Waals surface area contributed by atoms with Crippen molar-refractivity contribution in [2.75, 3.05) is 5.32 Å². The highest BCUT2D eigenvalue weighted by Gasteiger charge is 2.07. The van der Waals surface area contributed by atoms with Crippen molar-refractivity contribution in [2.45, 2.75) is 6.92 Å². The van der Waals surface area contributed by atoms with Gasteiger partial charge < -0.3 is 15.0 Å². The van der Waals surface area contributed by atoms with Gasteiger partial charge in [0.1, 0.15) is 10.8 Å². The first-order valence-corrected chi connectivity index (χ1v) is 6.05. The zero-order chi connectivity index (χ0) is 13.0. The molecule has 0 bridgehead atoms. The Morgan fingerprint density at radius 1 is 1.44 bits per heavy atom. The standard InChI is InChI=1S/C11H11BN2O3S/c1-7-6-10(18-14-7)13-11(15)8-2-4-9(5-3-8)17-12-16/h2-6,12,16H,1H3,(H,13,15). The molecule has 92 valence electrons. The molecule has 1 aromatic heterocycles. The van der Waals surface area contributed by atoms with E-state index in [0.29, 0.717) is 16.3 Å². The number of carbonyl (C=O) groups is 1. The van der Waals surface area contributed by atoms with Crippen LogP contribution in [0.5, 0.6) is 5.75 Å². The van der Waals surface area contributed by atoms with Crippen molar-refractivity contribution in [3.05, 3.63) is 41.6 Å². The maximum absolute atomic E-state index is 11.9. The van der Waals surface area contributed by atoms with E-state index in [1.54, 1.807) is 24.3 Å². The predicted octanol–water partition coefficient (Wildman–Crippen LogP) is 1.34. The van der Waals surface area contributed by atoms with Gasteiger partial charge in [-0.2, -0.15) is 4.37 Å². The van der Waals surface area contributed by atoms with Crippen LogP contribution in [0.2, 0.25) is 0 Å². The van der Waals surface area contributed by atoms with E-state index in [2.05, 4.69) is 9.69 Å². The fourth-order valence-electron chi connectivity index (χ4n) is 1.38. The van der Waals surface area contributed by atoms with Crippen LogP contribution in [0, 0.1) is 6.92 Å². The average molecular weight is 262 g/mol. The van der Waals surface area contributed by atoms with Crippen LogP contribution in [-0.2, 0) is 0 Å². The minimum Gasteiger partial charge on any atom is -0.539 e. The number of nitrogens with zero attached hydrogens (tertiary/aromatic N) is 1. The van der Waals surface area contributed by atoms with Crippen LogP contribution >= 0.6 is 11.5 Å². The van der Waals surface area contributed by atoms with Crippen LogP contribution in [0.1, 0.15) is 16.1 Å². The van der Waals surface area contributed by atoms with Crippen molar-refractivity contribution < 1.29 is 14.5 Å². The van der Waals surface area contributed by atoms with Crippen molar-refractivity contribution >= 4 is 30.1 Å². The van der Waals surface area contributed by atoms with E-state index >= 15 is 0 Å². The van der Waals surface area contributed by atoms with Crippen LogP contribution in [-0.4, -0.2) is 23.0 Å². The maximum atomic E-state index is 11.9. The number of nitrogens with one attached hydrogen (secondary N) is 1. The van der Waals surface area contributed by atoms with Gasteiger partial charge >= 0.3 is 7.69 Å². The molecule has 0 fully saturated rings. The van der Waals surface area contributed by atoms with E-state index in [-0.39, 0.29) is 13.6 Å². The van der Waals surface area contributed by atoms with Crippen LogP contribution in [0.15, 0.2) is 30.3 Å². The monoisotopic (exact) mass is 262 g/mol. The Bertz CT molecular complexity index is 541. The second kappa shape index (κ2) is 5.66. The first kappa shape index (κ1) is 12.6. The molecule has 1 amide bonds. The van der Waals surface area contributed by atoms with Crippen molar-refractivity contribution in [3.63, 3.8) is 0 Å². The molecule has 0 aliphatic carbocycles. The highest BCUT2D eigenvalue weighted by molar-refractivity contribution is 7.10. The number of amides is 1. The van der Waals surface area contributed by atoms with E-state index in [1.165, 1.54) is 11.5 Å². The lowest BCUT2D eigenvalue weighted by Gasteiger charge is -2.04. The van der Waals surface area contributed by atoms with E-state index in [9.17, 15) is 4.79 Å². The summed E-state index contributed by atoms with van der Waals surface area (Å²) in [6, 6.07) is 8.33. The number of aromatic nitrogens is 1. The van der Waals surface area contributed by atoms with Crippen molar-refractivity contribution in [3.8, 4) is 5.75 Å². The predicted molar refractivity (Wildman–Crippen MR) is 71.2 cm³/mol. The summed E-state index contributed by atoms with van der Waals surface area (Å²) in [6.45, 7) is 1.87. The number of carbonyl (C=O) groups excluding carboxylic acids is 1. The Balaban J connectivity index is 2.04. The van der Waals surface area contributed by atoms with E-state index in [4.69, 9.17) is 9.68 Å². The molecule has 2 N–H and O–H groups in total. The fourth-order valence-corrected chi connectivity index (χ4v) is 2.04. The summed E-state index contributed by atoms with van der Waals surface area (Å²) < 4.78 is 8.96. The second-order valence-electron chi connectivity index (χ2n) is 3.58. The summed E-state index contributed by atoms with van der Waals surface area (Å²) in [5.41, 5.74) is 1.40. The molecule has 0 spiro atoms. The zero-order valence-electron chi connectivity index (χ0n) is 9.71. The summed E-state index contributed by atoms with van der Waals surface area (Å²) >= 11 is 1.24. The molecule has 0 unspecified atom stereocenters. The Hall–Kier alpha value is -1.86. The van der Waals surface area contributed by atoms with Gasteiger partial charge in [0.05, 0.1) is 5.69 Å². The molecule has 0 saturated carbocycles. The van der Waals surface area contributed by atoms with Gasteiger partial charge in [0.15, 0.2) is 0 Å². The van der Waals surface area contributed by atoms with Gasteiger partial charge in [-0.1, -0.05) is 0 Å². The molecule has 1 heterocycles. The molecule has 0 aliphatic rings. The third-order valence-corrected chi connectivity index (χ3v) is 3.01. The van der Waals surface area contributed by atoms with Gasteiger partial charge in [0.25, 0.3) is 5.91 Å². The van der Waals surface area contributed by atoms with Crippen LogP contribution in [0.3, 0.4) is 0 Å². The molecule has 18 heavy (non-hydrogen) atoms. The summed E-state index contributed by atoms with van der Waals surface area (Å²) in [5, 5.41) is 12.1. The van der Waals surface area contributed by atoms with Gasteiger partial charge in [-0.3, -0.25) is 4.79 Å². The molecule has 1 aromatic carbocycles. The quantitative estimate of drug-likeness (QED) is 0.815. The zero-order valence-corrected chi connectivity index (χ0v) is 10.5. The molecule has 2 rings (SSSR count). The highest BCUT2D eigenvalue weighted by atomic mass is 32.1. The van der Waals surface area contributed by atoms with Gasteiger partial charge in [-0.15, -0.1) is 0 Å². The Labute approximate surface area is 109 Å². The smallest absolute Gasteiger partial charge is 0.504 e. The maximum Gasteiger partial charge on any atom is 0.504 e. The molecule has 0 aliphatic heterocycles. The molecule has 0 radical (unpaired) electrons. The third kappa shape index (κ3) is 3.09. The van der Waals surface area contributed by atoms with Gasteiger partial charge in [-0.05, 0) is 48.8 Å². The minimum absolute atomic E-state index is 0.200. The normalized spacial score (nSPS) is 9.89. The lowest BCUT2D eigenvalue weighted by atomic mass is 10.2. The van der Waals surface area contributed by atoms with E-state index in [1.807, 2.05) is 13.0 Å². The number of anilines is 1. The minimum atomic E-state index is -0.383. The number of benzene rings is 1. The highest BCUT2D eigenvalue weighted by Crippen LogP contribution is 2.17. The van der Waals surface area contributed by atoms with E-state index in [0.717, 1.165) is 5.69 Å². The number of rotatable bonds is 4. The Morgan fingerprint density at radius 3 is 2.72 bits per heavy atom. The summed E-state index contributed by atoms with van der Waals surface area (Å²) in [7, 11) is -0.383. The van der Waals surface area contributed by atoms with Crippen molar-refractivity contribution in [2.24, 2.45) is 0 Å². The molecule has 2 aromatic rings. The molecular formula is C11H11BN2O3S. The van der Waals surface area contributed by atoms with Gasteiger partial charge in [-0.25, -0.2) is 0 Å². The Kier molecular flexibility index (Phi) is 3.96. The van der Waals surface area contributed by atoms with Crippen LogP contribution in [0.25, 0.3) is 0 Å². The lowest BCUT2D eigenvalue weighted by Crippen LogP contribution is -2.10.